The largest absolute Gasteiger partial charge is 0.481 e. The van der Waals surface area contributed by atoms with Crippen molar-refractivity contribution in [3.63, 3.8) is 0 Å². The first-order chi connectivity index (χ1) is 9.45. The van der Waals surface area contributed by atoms with E-state index in [2.05, 4.69) is 0 Å². The van der Waals surface area contributed by atoms with Crippen LogP contribution in [0, 0.1) is 11.8 Å². The van der Waals surface area contributed by atoms with Crippen molar-refractivity contribution in [1.29, 1.82) is 0 Å². The van der Waals surface area contributed by atoms with Gasteiger partial charge in [0.25, 0.3) is 10.2 Å². The van der Waals surface area contributed by atoms with Gasteiger partial charge in [-0.2, -0.15) is 17.0 Å². The second-order valence-corrected chi connectivity index (χ2v) is 7.72. The molecule has 2 aliphatic rings. The molecule has 1 N–H and O–H groups in total. The fraction of sp³-hybridized carbons (Fsp3) is 0.923. The van der Waals surface area contributed by atoms with E-state index in [-0.39, 0.29) is 6.54 Å². The fourth-order valence-corrected chi connectivity index (χ4v) is 4.65. The Bertz CT molecular complexity index is 447. The highest BCUT2D eigenvalue weighted by Crippen LogP contribution is 2.29. The van der Waals surface area contributed by atoms with E-state index in [9.17, 15) is 13.2 Å². The Morgan fingerprint density at radius 3 is 2.50 bits per heavy atom. The summed E-state index contributed by atoms with van der Waals surface area (Å²) in [7, 11) is -3.51. The van der Waals surface area contributed by atoms with Crippen LogP contribution < -0.4 is 0 Å². The number of carboxylic acids is 1. The monoisotopic (exact) mass is 304 g/mol. The number of carbonyl (C=O) groups is 1. The molecule has 1 unspecified atom stereocenters. The molecule has 0 aromatic rings. The maximum Gasteiger partial charge on any atom is 0.307 e. The van der Waals surface area contributed by atoms with Crippen LogP contribution in [0.4, 0.5) is 0 Å². The smallest absolute Gasteiger partial charge is 0.307 e. The van der Waals surface area contributed by atoms with E-state index in [0.717, 1.165) is 12.8 Å². The summed E-state index contributed by atoms with van der Waals surface area (Å²) < 4.78 is 28.1. The van der Waals surface area contributed by atoms with E-state index < -0.39 is 22.1 Å². The Morgan fingerprint density at radius 2 is 2.00 bits per heavy atom. The number of aliphatic carboxylic acids is 1. The van der Waals surface area contributed by atoms with E-state index in [0.29, 0.717) is 38.4 Å². The molecule has 1 heterocycles. The van der Waals surface area contributed by atoms with E-state index in [1.54, 1.807) is 0 Å². The zero-order chi connectivity index (χ0) is 14.8. The van der Waals surface area contributed by atoms with Crippen LogP contribution in [0.1, 0.15) is 39.0 Å². The molecule has 6 nitrogen and oxygen atoms in total. The van der Waals surface area contributed by atoms with Crippen molar-refractivity contribution in [3.05, 3.63) is 0 Å². The molecule has 2 fully saturated rings. The average molecular weight is 304 g/mol. The quantitative estimate of drug-likeness (QED) is 0.798. The minimum atomic E-state index is -3.51. The maximum atomic E-state index is 12.6. The van der Waals surface area contributed by atoms with Crippen LogP contribution in [0.15, 0.2) is 0 Å². The lowest BCUT2D eigenvalue weighted by Gasteiger charge is -2.36. The topological polar surface area (TPSA) is 77.9 Å². The molecule has 1 atom stereocenters. The standard InChI is InChI=1S/C13H24N2O4S/c1-2-14(9-11-5-3-6-11)20(18,19)15-8-4-7-12(10-15)13(16)17/h11-12H,2-10H2,1H3,(H,16,17). The molecule has 7 heteroatoms. The van der Waals surface area contributed by atoms with Crippen molar-refractivity contribution in [3.8, 4) is 0 Å². The second kappa shape index (κ2) is 6.41. The molecule has 0 amide bonds. The molecule has 2 rings (SSSR count). The zero-order valence-electron chi connectivity index (χ0n) is 12.0. The van der Waals surface area contributed by atoms with E-state index >= 15 is 0 Å². The molecule has 0 aromatic carbocycles. The average Bonchev–Trinajstić information content (AvgIpc) is 2.37. The number of carboxylic acid groups (broad SMARTS) is 1. The predicted octanol–water partition coefficient (Wildman–Crippen LogP) is 1.15. The van der Waals surface area contributed by atoms with Crippen LogP contribution in [-0.4, -0.2) is 54.3 Å². The molecule has 0 aromatic heterocycles. The van der Waals surface area contributed by atoms with Crippen molar-refractivity contribution in [2.24, 2.45) is 11.8 Å². The Morgan fingerprint density at radius 1 is 1.30 bits per heavy atom. The summed E-state index contributed by atoms with van der Waals surface area (Å²) in [6.07, 6.45) is 4.58. The van der Waals surface area contributed by atoms with Gasteiger partial charge in [-0.05, 0) is 31.6 Å². The van der Waals surface area contributed by atoms with E-state index in [1.807, 2.05) is 6.92 Å². The molecule has 1 aliphatic heterocycles. The minimum Gasteiger partial charge on any atom is -0.481 e. The minimum absolute atomic E-state index is 0.110. The van der Waals surface area contributed by atoms with Gasteiger partial charge in [0.1, 0.15) is 0 Å². The SMILES string of the molecule is CCN(CC1CCC1)S(=O)(=O)N1CCCC(C(=O)O)C1. The molecule has 1 aliphatic carbocycles. The molecular weight excluding hydrogens is 280 g/mol. The number of hydrogen-bond acceptors (Lipinski definition) is 3. The molecule has 116 valence electrons. The first-order valence-electron chi connectivity index (χ1n) is 7.43. The highest BCUT2D eigenvalue weighted by molar-refractivity contribution is 7.86. The van der Waals surface area contributed by atoms with Crippen LogP contribution >= 0.6 is 0 Å². The summed E-state index contributed by atoms with van der Waals surface area (Å²) in [5, 5.41) is 9.08. The first-order valence-corrected chi connectivity index (χ1v) is 8.83. The summed E-state index contributed by atoms with van der Waals surface area (Å²) >= 11 is 0. The van der Waals surface area contributed by atoms with Crippen molar-refractivity contribution >= 4 is 16.2 Å². The number of rotatable bonds is 6. The Balaban J connectivity index is 2.04. The summed E-state index contributed by atoms with van der Waals surface area (Å²) in [5.41, 5.74) is 0. The number of piperidine rings is 1. The van der Waals surface area contributed by atoms with Gasteiger partial charge in [-0.1, -0.05) is 13.3 Å². The van der Waals surface area contributed by atoms with Gasteiger partial charge < -0.3 is 5.11 Å². The molecule has 1 saturated carbocycles. The Kier molecular flexibility index (Phi) is 5.04. The van der Waals surface area contributed by atoms with Crippen molar-refractivity contribution < 1.29 is 18.3 Å². The molecular formula is C13H24N2O4S. The van der Waals surface area contributed by atoms with Crippen LogP contribution in [0.25, 0.3) is 0 Å². The fourth-order valence-electron chi connectivity index (χ4n) is 2.87. The van der Waals surface area contributed by atoms with Gasteiger partial charge in [0, 0.05) is 26.2 Å². The predicted molar refractivity (Wildman–Crippen MR) is 75.4 cm³/mol. The van der Waals surface area contributed by atoms with Gasteiger partial charge in [0.15, 0.2) is 0 Å². The van der Waals surface area contributed by atoms with Gasteiger partial charge in [0.05, 0.1) is 5.92 Å². The Labute approximate surface area is 120 Å². The third kappa shape index (κ3) is 3.32. The molecule has 1 saturated heterocycles. The van der Waals surface area contributed by atoms with Gasteiger partial charge in [-0.25, -0.2) is 0 Å². The summed E-state index contributed by atoms with van der Waals surface area (Å²) in [4.78, 5) is 11.1. The van der Waals surface area contributed by atoms with Crippen LogP contribution in [0.3, 0.4) is 0 Å². The summed E-state index contributed by atoms with van der Waals surface area (Å²) in [6.45, 7) is 3.42. The molecule has 0 spiro atoms. The zero-order valence-corrected chi connectivity index (χ0v) is 12.8. The molecule has 0 bridgehead atoms. The van der Waals surface area contributed by atoms with Gasteiger partial charge in [0.2, 0.25) is 0 Å². The van der Waals surface area contributed by atoms with Gasteiger partial charge in [-0.3, -0.25) is 4.79 Å². The second-order valence-electron chi connectivity index (χ2n) is 5.79. The van der Waals surface area contributed by atoms with E-state index in [4.69, 9.17) is 5.11 Å². The van der Waals surface area contributed by atoms with Crippen molar-refractivity contribution in [1.82, 2.24) is 8.61 Å². The van der Waals surface area contributed by atoms with E-state index in [1.165, 1.54) is 15.0 Å². The van der Waals surface area contributed by atoms with Crippen molar-refractivity contribution in [2.45, 2.75) is 39.0 Å². The van der Waals surface area contributed by atoms with Crippen LogP contribution in [-0.2, 0) is 15.0 Å². The number of hydrogen-bond donors (Lipinski definition) is 1. The third-order valence-corrected chi connectivity index (χ3v) is 6.47. The van der Waals surface area contributed by atoms with Crippen LogP contribution in [0.2, 0.25) is 0 Å². The van der Waals surface area contributed by atoms with Gasteiger partial charge in [-0.15, -0.1) is 0 Å². The Hall–Kier alpha value is -0.660. The lowest BCUT2D eigenvalue weighted by Crippen LogP contribution is -2.50. The lowest BCUT2D eigenvalue weighted by atomic mass is 9.85. The highest BCUT2D eigenvalue weighted by Gasteiger charge is 2.36. The van der Waals surface area contributed by atoms with Gasteiger partial charge >= 0.3 is 5.97 Å². The van der Waals surface area contributed by atoms with Crippen LogP contribution in [0.5, 0.6) is 0 Å². The summed E-state index contributed by atoms with van der Waals surface area (Å²) in [5.74, 6) is -0.988. The van der Waals surface area contributed by atoms with Crippen molar-refractivity contribution in [2.75, 3.05) is 26.2 Å². The summed E-state index contributed by atoms with van der Waals surface area (Å²) in [6, 6.07) is 0. The first kappa shape index (κ1) is 15.7. The molecule has 20 heavy (non-hydrogen) atoms. The maximum absolute atomic E-state index is 12.6. The lowest BCUT2D eigenvalue weighted by molar-refractivity contribution is -0.142. The number of nitrogens with zero attached hydrogens (tertiary/aromatic N) is 2. The highest BCUT2D eigenvalue weighted by atomic mass is 32.2. The normalized spacial score (nSPS) is 25.6. The molecule has 0 radical (unpaired) electrons. The third-order valence-electron chi connectivity index (χ3n) is 4.43.